The van der Waals surface area contributed by atoms with Crippen LogP contribution in [0.15, 0.2) is 24.3 Å². The number of benzene rings is 1. The normalized spacial score (nSPS) is 10.2. The number of rotatable bonds is 9. The molecule has 0 fully saturated rings. The van der Waals surface area contributed by atoms with Gasteiger partial charge in [0.25, 0.3) is 0 Å². The molecule has 5 heteroatoms. The van der Waals surface area contributed by atoms with Crippen LogP contribution in [0.1, 0.15) is 19.8 Å². The molecule has 0 heterocycles. The van der Waals surface area contributed by atoms with Gasteiger partial charge < -0.3 is 20.7 Å². The molecule has 1 aromatic rings. The Hall–Kier alpha value is -1.75. The van der Waals surface area contributed by atoms with Crippen molar-refractivity contribution in [3.63, 3.8) is 0 Å². The van der Waals surface area contributed by atoms with Crippen molar-refractivity contribution in [3.8, 4) is 5.75 Å². The van der Waals surface area contributed by atoms with E-state index < -0.39 is 0 Å². The van der Waals surface area contributed by atoms with E-state index in [1.807, 2.05) is 31.2 Å². The zero-order valence-electron chi connectivity index (χ0n) is 12.4. The van der Waals surface area contributed by atoms with Gasteiger partial charge in [-0.1, -0.05) is 6.07 Å². The van der Waals surface area contributed by atoms with Gasteiger partial charge in [0, 0.05) is 37.8 Å². The van der Waals surface area contributed by atoms with Gasteiger partial charge in [-0.05, 0) is 32.0 Å². The van der Waals surface area contributed by atoms with Gasteiger partial charge in [-0.2, -0.15) is 0 Å². The number of anilines is 1. The van der Waals surface area contributed by atoms with Gasteiger partial charge in [-0.25, -0.2) is 0 Å². The summed E-state index contributed by atoms with van der Waals surface area (Å²) in [6, 6.07) is 7.87. The van der Waals surface area contributed by atoms with Crippen LogP contribution in [-0.2, 0) is 4.79 Å². The highest BCUT2D eigenvalue weighted by Crippen LogP contribution is 2.21. The molecule has 0 aliphatic carbocycles. The van der Waals surface area contributed by atoms with Crippen LogP contribution in [-0.4, -0.2) is 39.2 Å². The van der Waals surface area contributed by atoms with Crippen LogP contribution >= 0.6 is 0 Å². The fraction of sp³-hybridized carbons (Fsp3) is 0.533. The van der Waals surface area contributed by atoms with Crippen LogP contribution in [0.3, 0.4) is 0 Å². The first-order valence-electron chi connectivity index (χ1n) is 7.07. The van der Waals surface area contributed by atoms with E-state index in [0.717, 1.165) is 24.4 Å². The summed E-state index contributed by atoms with van der Waals surface area (Å²) in [7, 11) is 1.65. The maximum Gasteiger partial charge on any atom is 0.221 e. The van der Waals surface area contributed by atoms with Crippen LogP contribution in [0.2, 0.25) is 0 Å². The van der Waals surface area contributed by atoms with Gasteiger partial charge in [-0.3, -0.25) is 4.79 Å². The summed E-state index contributed by atoms with van der Waals surface area (Å²) in [6.45, 7) is 4.75. The van der Waals surface area contributed by atoms with E-state index in [1.54, 1.807) is 7.11 Å². The van der Waals surface area contributed by atoms with Crippen LogP contribution in [0.25, 0.3) is 0 Å². The number of carbonyl (C=O) groups excluding carboxylic acids is 1. The highest BCUT2D eigenvalue weighted by Gasteiger charge is 2.09. The third-order valence-corrected chi connectivity index (χ3v) is 3.03. The molecule has 0 radical (unpaired) electrons. The van der Waals surface area contributed by atoms with Crippen molar-refractivity contribution >= 4 is 11.6 Å². The van der Waals surface area contributed by atoms with Crippen LogP contribution < -0.4 is 20.7 Å². The highest BCUT2D eigenvalue weighted by molar-refractivity contribution is 5.76. The average molecular weight is 279 g/mol. The summed E-state index contributed by atoms with van der Waals surface area (Å²) in [5.41, 5.74) is 6.64. The lowest BCUT2D eigenvalue weighted by molar-refractivity contribution is -0.120. The second-order valence-electron chi connectivity index (χ2n) is 4.53. The molecular formula is C15H25N3O2. The number of ether oxygens (including phenoxy) is 1. The lowest BCUT2D eigenvalue weighted by Crippen LogP contribution is -2.32. The SMILES string of the molecule is CCNC(=O)CCN(CCCN)c1cccc(OC)c1. The Balaban J connectivity index is 2.69. The number of hydrogen-bond acceptors (Lipinski definition) is 4. The Labute approximate surface area is 121 Å². The number of hydrogen-bond donors (Lipinski definition) is 2. The summed E-state index contributed by atoms with van der Waals surface area (Å²) < 4.78 is 5.24. The second kappa shape index (κ2) is 9.20. The van der Waals surface area contributed by atoms with Crippen molar-refractivity contribution in [2.24, 2.45) is 5.73 Å². The molecule has 0 aromatic heterocycles. The first kappa shape index (κ1) is 16.3. The molecule has 20 heavy (non-hydrogen) atoms. The Bertz CT molecular complexity index is 410. The summed E-state index contributed by atoms with van der Waals surface area (Å²) in [4.78, 5) is 13.8. The quantitative estimate of drug-likeness (QED) is 0.716. The van der Waals surface area contributed by atoms with Crippen molar-refractivity contribution in [2.75, 3.05) is 38.2 Å². The molecule has 0 bridgehead atoms. The highest BCUT2D eigenvalue weighted by atomic mass is 16.5. The molecule has 0 saturated carbocycles. The standard InChI is InChI=1S/C15H25N3O2/c1-3-17-15(19)8-11-18(10-5-9-16)13-6-4-7-14(12-13)20-2/h4,6-7,12H,3,5,8-11,16H2,1-2H3,(H,17,19). The van der Waals surface area contributed by atoms with Gasteiger partial charge in [0.1, 0.15) is 5.75 Å². The number of nitrogens with two attached hydrogens (primary N) is 1. The topological polar surface area (TPSA) is 67.6 Å². The van der Waals surface area contributed by atoms with Gasteiger partial charge in [0.2, 0.25) is 5.91 Å². The average Bonchev–Trinajstić information content (AvgIpc) is 2.47. The fourth-order valence-electron chi connectivity index (χ4n) is 1.98. The first-order chi connectivity index (χ1) is 9.71. The minimum atomic E-state index is 0.0770. The first-order valence-corrected chi connectivity index (χ1v) is 7.07. The Kier molecular flexibility index (Phi) is 7.50. The zero-order valence-corrected chi connectivity index (χ0v) is 12.4. The molecule has 0 spiro atoms. The summed E-state index contributed by atoms with van der Waals surface area (Å²) >= 11 is 0. The predicted molar refractivity (Wildman–Crippen MR) is 82.2 cm³/mol. The summed E-state index contributed by atoms with van der Waals surface area (Å²) in [5, 5.41) is 2.82. The van der Waals surface area contributed by atoms with E-state index in [1.165, 1.54) is 0 Å². The molecule has 0 saturated heterocycles. The molecule has 0 atom stereocenters. The molecule has 5 nitrogen and oxygen atoms in total. The van der Waals surface area contributed by atoms with E-state index in [0.29, 0.717) is 26.1 Å². The van der Waals surface area contributed by atoms with E-state index in [2.05, 4.69) is 10.2 Å². The van der Waals surface area contributed by atoms with Gasteiger partial charge in [-0.15, -0.1) is 0 Å². The fourth-order valence-corrected chi connectivity index (χ4v) is 1.98. The molecule has 0 unspecified atom stereocenters. The van der Waals surface area contributed by atoms with Gasteiger partial charge >= 0.3 is 0 Å². The van der Waals surface area contributed by atoms with Crippen LogP contribution in [0.5, 0.6) is 5.75 Å². The van der Waals surface area contributed by atoms with Crippen molar-refractivity contribution < 1.29 is 9.53 Å². The third-order valence-electron chi connectivity index (χ3n) is 3.03. The number of carbonyl (C=O) groups is 1. The largest absolute Gasteiger partial charge is 0.497 e. The van der Waals surface area contributed by atoms with E-state index in [-0.39, 0.29) is 5.91 Å². The smallest absolute Gasteiger partial charge is 0.221 e. The molecule has 3 N–H and O–H groups in total. The third kappa shape index (κ3) is 5.48. The van der Waals surface area contributed by atoms with Gasteiger partial charge in [0.15, 0.2) is 0 Å². The second-order valence-corrected chi connectivity index (χ2v) is 4.53. The van der Waals surface area contributed by atoms with Crippen molar-refractivity contribution in [1.29, 1.82) is 0 Å². The molecule has 1 aromatic carbocycles. The molecule has 1 amide bonds. The summed E-state index contributed by atoms with van der Waals surface area (Å²) in [5.74, 6) is 0.895. The number of nitrogens with zero attached hydrogens (tertiary/aromatic N) is 1. The number of methoxy groups -OCH3 is 1. The molecule has 0 aliphatic rings. The predicted octanol–water partition coefficient (Wildman–Crippen LogP) is 1.38. The Morgan fingerprint density at radius 2 is 2.20 bits per heavy atom. The molecule has 112 valence electrons. The number of amides is 1. The maximum atomic E-state index is 11.6. The minimum absolute atomic E-state index is 0.0770. The van der Waals surface area contributed by atoms with Gasteiger partial charge in [0.05, 0.1) is 7.11 Å². The lowest BCUT2D eigenvalue weighted by atomic mass is 10.2. The minimum Gasteiger partial charge on any atom is -0.497 e. The van der Waals surface area contributed by atoms with Crippen molar-refractivity contribution in [2.45, 2.75) is 19.8 Å². The summed E-state index contributed by atoms with van der Waals surface area (Å²) in [6.07, 6.45) is 1.38. The van der Waals surface area contributed by atoms with Crippen molar-refractivity contribution in [3.05, 3.63) is 24.3 Å². The molecule has 1 rings (SSSR count). The van der Waals surface area contributed by atoms with Crippen molar-refractivity contribution in [1.82, 2.24) is 5.32 Å². The number of nitrogens with one attached hydrogen (secondary N) is 1. The lowest BCUT2D eigenvalue weighted by Gasteiger charge is -2.25. The molecular weight excluding hydrogens is 254 g/mol. The monoisotopic (exact) mass is 279 g/mol. The molecule has 0 aliphatic heterocycles. The van der Waals surface area contributed by atoms with E-state index in [4.69, 9.17) is 10.5 Å². The van der Waals surface area contributed by atoms with Crippen LogP contribution in [0.4, 0.5) is 5.69 Å². The Morgan fingerprint density at radius 1 is 1.40 bits per heavy atom. The zero-order chi connectivity index (χ0) is 14.8. The Morgan fingerprint density at radius 3 is 2.85 bits per heavy atom. The maximum absolute atomic E-state index is 11.6. The van der Waals surface area contributed by atoms with E-state index in [9.17, 15) is 4.79 Å². The van der Waals surface area contributed by atoms with Crippen LogP contribution in [0, 0.1) is 0 Å². The van der Waals surface area contributed by atoms with E-state index >= 15 is 0 Å².